The van der Waals surface area contributed by atoms with E-state index in [1.807, 2.05) is 25.1 Å². The van der Waals surface area contributed by atoms with Crippen LogP contribution in [0, 0.1) is 6.92 Å². The SMILES string of the molecule is Cc1ccc(OCc2ccc(C(=O)O)cc2)c(N)c1. The van der Waals surface area contributed by atoms with E-state index in [2.05, 4.69) is 0 Å². The van der Waals surface area contributed by atoms with Crippen LogP contribution in [0.5, 0.6) is 5.75 Å². The molecule has 0 unspecified atom stereocenters. The number of ether oxygens (including phenoxy) is 1. The fourth-order valence-electron chi connectivity index (χ4n) is 1.70. The lowest BCUT2D eigenvalue weighted by molar-refractivity contribution is 0.0697. The molecule has 2 aromatic carbocycles. The Morgan fingerprint density at radius 1 is 1.21 bits per heavy atom. The second-order valence-corrected chi connectivity index (χ2v) is 4.33. The van der Waals surface area contributed by atoms with E-state index in [0.29, 0.717) is 18.0 Å². The zero-order chi connectivity index (χ0) is 13.8. The van der Waals surface area contributed by atoms with Gasteiger partial charge in [-0.2, -0.15) is 0 Å². The fraction of sp³-hybridized carbons (Fsp3) is 0.133. The van der Waals surface area contributed by atoms with Crippen LogP contribution in [0.1, 0.15) is 21.5 Å². The summed E-state index contributed by atoms with van der Waals surface area (Å²) in [6, 6.07) is 12.2. The van der Waals surface area contributed by atoms with E-state index in [-0.39, 0.29) is 5.56 Å². The van der Waals surface area contributed by atoms with Crippen molar-refractivity contribution in [2.24, 2.45) is 0 Å². The van der Waals surface area contributed by atoms with Gasteiger partial charge in [0.2, 0.25) is 0 Å². The van der Waals surface area contributed by atoms with Crippen LogP contribution in [0.3, 0.4) is 0 Å². The quantitative estimate of drug-likeness (QED) is 0.826. The Bertz CT molecular complexity index is 591. The van der Waals surface area contributed by atoms with Crippen molar-refractivity contribution in [1.82, 2.24) is 0 Å². The average molecular weight is 257 g/mol. The summed E-state index contributed by atoms with van der Waals surface area (Å²) in [7, 11) is 0. The van der Waals surface area contributed by atoms with Gasteiger partial charge in [-0.05, 0) is 42.3 Å². The number of carbonyl (C=O) groups is 1. The van der Waals surface area contributed by atoms with Crippen molar-refractivity contribution in [2.45, 2.75) is 13.5 Å². The number of rotatable bonds is 4. The van der Waals surface area contributed by atoms with E-state index in [1.165, 1.54) is 0 Å². The van der Waals surface area contributed by atoms with Crippen LogP contribution in [0.15, 0.2) is 42.5 Å². The molecule has 0 heterocycles. The molecule has 0 radical (unpaired) electrons. The number of nitrogens with two attached hydrogens (primary N) is 1. The molecule has 0 saturated heterocycles. The maximum Gasteiger partial charge on any atom is 0.335 e. The van der Waals surface area contributed by atoms with E-state index in [9.17, 15) is 4.79 Å². The first kappa shape index (κ1) is 13.0. The largest absolute Gasteiger partial charge is 0.487 e. The summed E-state index contributed by atoms with van der Waals surface area (Å²) in [5, 5.41) is 8.80. The summed E-state index contributed by atoms with van der Waals surface area (Å²) < 4.78 is 5.61. The van der Waals surface area contributed by atoms with Crippen molar-refractivity contribution in [3.8, 4) is 5.75 Å². The van der Waals surface area contributed by atoms with E-state index in [0.717, 1.165) is 11.1 Å². The molecule has 2 rings (SSSR count). The summed E-state index contributed by atoms with van der Waals surface area (Å²) in [4.78, 5) is 10.7. The summed E-state index contributed by atoms with van der Waals surface area (Å²) >= 11 is 0. The van der Waals surface area contributed by atoms with Crippen molar-refractivity contribution in [1.29, 1.82) is 0 Å². The highest BCUT2D eigenvalue weighted by Crippen LogP contribution is 2.23. The number of carboxylic acid groups (broad SMARTS) is 1. The Kier molecular flexibility index (Phi) is 3.71. The van der Waals surface area contributed by atoms with Gasteiger partial charge in [-0.25, -0.2) is 4.79 Å². The van der Waals surface area contributed by atoms with Crippen LogP contribution in [0.2, 0.25) is 0 Å². The minimum atomic E-state index is -0.935. The molecule has 98 valence electrons. The van der Waals surface area contributed by atoms with E-state index < -0.39 is 5.97 Å². The number of carboxylic acids is 1. The Labute approximate surface area is 111 Å². The van der Waals surface area contributed by atoms with Gasteiger partial charge >= 0.3 is 5.97 Å². The van der Waals surface area contributed by atoms with Crippen LogP contribution in [-0.2, 0) is 6.61 Å². The third kappa shape index (κ3) is 3.25. The molecular formula is C15H15NO3. The Morgan fingerprint density at radius 3 is 2.47 bits per heavy atom. The van der Waals surface area contributed by atoms with Gasteiger partial charge in [-0.15, -0.1) is 0 Å². The first-order chi connectivity index (χ1) is 9.06. The third-order valence-electron chi connectivity index (χ3n) is 2.76. The fourth-order valence-corrected chi connectivity index (χ4v) is 1.70. The highest BCUT2D eigenvalue weighted by molar-refractivity contribution is 5.87. The number of hydrogen-bond acceptors (Lipinski definition) is 3. The minimum absolute atomic E-state index is 0.263. The van der Waals surface area contributed by atoms with Crippen molar-refractivity contribution < 1.29 is 14.6 Å². The molecule has 19 heavy (non-hydrogen) atoms. The maximum absolute atomic E-state index is 10.7. The molecular weight excluding hydrogens is 242 g/mol. The van der Waals surface area contributed by atoms with Crippen LogP contribution < -0.4 is 10.5 Å². The summed E-state index contributed by atoms with van der Waals surface area (Å²) in [5.41, 5.74) is 8.68. The molecule has 0 amide bonds. The molecule has 0 fully saturated rings. The van der Waals surface area contributed by atoms with Gasteiger partial charge in [-0.3, -0.25) is 0 Å². The van der Waals surface area contributed by atoms with Crippen LogP contribution >= 0.6 is 0 Å². The van der Waals surface area contributed by atoms with E-state index in [1.54, 1.807) is 24.3 Å². The summed E-state index contributed by atoms with van der Waals surface area (Å²) in [6.45, 7) is 2.32. The van der Waals surface area contributed by atoms with E-state index in [4.69, 9.17) is 15.6 Å². The molecule has 0 aliphatic rings. The Morgan fingerprint density at radius 2 is 1.89 bits per heavy atom. The van der Waals surface area contributed by atoms with E-state index >= 15 is 0 Å². The topological polar surface area (TPSA) is 72.5 Å². The molecule has 0 spiro atoms. The molecule has 2 aromatic rings. The highest BCUT2D eigenvalue weighted by Gasteiger charge is 2.04. The molecule has 0 atom stereocenters. The first-order valence-electron chi connectivity index (χ1n) is 5.87. The molecule has 3 N–H and O–H groups in total. The van der Waals surface area contributed by atoms with Gasteiger partial charge in [-0.1, -0.05) is 18.2 Å². The average Bonchev–Trinajstić information content (AvgIpc) is 2.38. The van der Waals surface area contributed by atoms with Gasteiger partial charge in [0.1, 0.15) is 12.4 Å². The van der Waals surface area contributed by atoms with Crippen molar-refractivity contribution in [2.75, 3.05) is 5.73 Å². The van der Waals surface area contributed by atoms with Crippen LogP contribution in [-0.4, -0.2) is 11.1 Å². The van der Waals surface area contributed by atoms with Crippen molar-refractivity contribution in [3.63, 3.8) is 0 Å². The molecule has 0 bridgehead atoms. The lowest BCUT2D eigenvalue weighted by atomic mass is 10.1. The number of hydrogen-bond donors (Lipinski definition) is 2. The summed E-state index contributed by atoms with van der Waals surface area (Å²) in [6.07, 6.45) is 0. The van der Waals surface area contributed by atoms with Gasteiger partial charge in [0.05, 0.1) is 11.3 Å². The number of anilines is 1. The second kappa shape index (κ2) is 5.44. The predicted octanol–water partition coefficient (Wildman–Crippen LogP) is 2.85. The smallest absolute Gasteiger partial charge is 0.335 e. The monoisotopic (exact) mass is 257 g/mol. The molecule has 0 saturated carbocycles. The maximum atomic E-state index is 10.7. The Hall–Kier alpha value is -2.49. The lowest BCUT2D eigenvalue weighted by Crippen LogP contribution is -2.00. The van der Waals surface area contributed by atoms with Crippen LogP contribution in [0.4, 0.5) is 5.69 Å². The second-order valence-electron chi connectivity index (χ2n) is 4.33. The minimum Gasteiger partial charge on any atom is -0.487 e. The number of nitrogen functional groups attached to an aromatic ring is 1. The number of benzene rings is 2. The van der Waals surface area contributed by atoms with Gasteiger partial charge in [0.25, 0.3) is 0 Å². The number of aromatic carboxylic acids is 1. The van der Waals surface area contributed by atoms with Crippen molar-refractivity contribution in [3.05, 3.63) is 59.2 Å². The molecule has 0 aliphatic heterocycles. The standard InChI is InChI=1S/C15H15NO3/c1-10-2-7-14(13(16)8-10)19-9-11-3-5-12(6-4-11)15(17)18/h2-8H,9,16H2,1H3,(H,17,18). The molecule has 0 aromatic heterocycles. The number of aryl methyl sites for hydroxylation is 1. The highest BCUT2D eigenvalue weighted by atomic mass is 16.5. The summed E-state index contributed by atoms with van der Waals surface area (Å²) in [5.74, 6) is -0.303. The normalized spacial score (nSPS) is 10.2. The van der Waals surface area contributed by atoms with Gasteiger partial charge in [0, 0.05) is 0 Å². The van der Waals surface area contributed by atoms with Gasteiger partial charge < -0.3 is 15.6 Å². The molecule has 0 aliphatic carbocycles. The van der Waals surface area contributed by atoms with Crippen molar-refractivity contribution >= 4 is 11.7 Å². The third-order valence-corrected chi connectivity index (χ3v) is 2.76. The zero-order valence-electron chi connectivity index (χ0n) is 10.6. The lowest BCUT2D eigenvalue weighted by Gasteiger charge is -2.09. The zero-order valence-corrected chi connectivity index (χ0v) is 10.6. The molecule has 4 nitrogen and oxygen atoms in total. The van der Waals surface area contributed by atoms with Gasteiger partial charge in [0.15, 0.2) is 0 Å². The van der Waals surface area contributed by atoms with Crippen LogP contribution in [0.25, 0.3) is 0 Å². The predicted molar refractivity (Wildman–Crippen MR) is 73.3 cm³/mol. The Balaban J connectivity index is 2.04. The first-order valence-corrected chi connectivity index (χ1v) is 5.87. The molecule has 4 heteroatoms.